The molecule has 0 aliphatic heterocycles. The van der Waals surface area contributed by atoms with Crippen LogP contribution in [-0.2, 0) is 9.84 Å². The fourth-order valence-electron chi connectivity index (χ4n) is 1.88. The van der Waals surface area contributed by atoms with E-state index in [9.17, 15) is 8.42 Å². The van der Waals surface area contributed by atoms with Gasteiger partial charge in [-0.05, 0) is 35.7 Å². The van der Waals surface area contributed by atoms with Crippen LogP contribution in [-0.4, -0.2) is 20.4 Å². The average molecular weight is 399 g/mol. The largest absolute Gasteiger partial charge is 0.418 e. The Morgan fingerprint density at radius 1 is 1.23 bits per heavy atom. The number of anilines is 1. The summed E-state index contributed by atoms with van der Waals surface area (Å²) in [6.07, 6.45) is 0. The lowest BCUT2D eigenvalue weighted by Crippen LogP contribution is -2.05. The number of hydrogen-bond acceptors (Lipinski definition) is 6. The highest BCUT2D eigenvalue weighted by atomic mass is 79.9. The minimum absolute atomic E-state index is 0.110. The van der Waals surface area contributed by atoms with E-state index in [1.807, 2.05) is 17.5 Å². The van der Waals surface area contributed by atoms with Crippen LogP contribution in [0.25, 0.3) is 10.8 Å². The third kappa shape index (κ3) is 2.69. The first-order valence-corrected chi connectivity index (χ1v) is 9.41. The maximum atomic E-state index is 12.7. The van der Waals surface area contributed by atoms with Crippen LogP contribution in [0, 0.1) is 0 Å². The minimum atomic E-state index is -3.75. The van der Waals surface area contributed by atoms with E-state index in [4.69, 9.17) is 4.42 Å². The molecule has 8 heteroatoms. The van der Waals surface area contributed by atoms with Gasteiger partial charge in [-0.1, -0.05) is 22.0 Å². The Kier molecular flexibility index (Phi) is 4.07. The van der Waals surface area contributed by atoms with Crippen LogP contribution in [0.2, 0.25) is 0 Å². The molecule has 3 rings (SSSR count). The van der Waals surface area contributed by atoms with Crippen molar-refractivity contribution >= 4 is 43.0 Å². The number of hydrogen-bond donors (Lipinski definition) is 1. The van der Waals surface area contributed by atoms with Crippen molar-refractivity contribution in [2.24, 2.45) is 0 Å². The average Bonchev–Trinajstić information content (AvgIpc) is 3.16. The van der Waals surface area contributed by atoms with Crippen molar-refractivity contribution in [2.75, 3.05) is 12.4 Å². The molecule has 0 spiro atoms. The van der Waals surface area contributed by atoms with Crippen LogP contribution in [0.4, 0.5) is 5.88 Å². The second-order valence-electron chi connectivity index (χ2n) is 4.34. The van der Waals surface area contributed by atoms with E-state index in [0.29, 0.717) is 0 Å². The second kappa shape index (κ2) is 5.86. The normalized spacial score (nSPS) is 11.5. The number of aromatic nitrogens is 1. The predicted molar refractivity (Wildman–Crippen MR) is 89.0 cm³/mol. The van der Waals surface area contributed by atoms with Gasteiger partial charge >= 0.3 is 0 Å². The molecule has 1 N–H and O–H groups in total. The van der Waals surface area contributed by atoms with Gasteiger partial charge in [0.15, 0.2) is 0 Å². The van der Waals surface area contributed by atoms with Crippen LogP contribution in [0.5, 0.6) is 0 Å². The monoisotopic (exact) mass is 398 g/mol. The van der Waals surface area contributed by atoms with E-state index in [-0.39, 0.29) is 21.7 Å². The maximum Gasteiger partial charge on any atom is 0.240 e. The highest BCUT2D eigenvalue weighted by Crippen LogP contribution is 2.33. The van der Waals surface area contributed by atoms with E-state index in [1.54, 1.807) is 19.2 Å². The molecule has 0 unspecified atom stereocenters. The summed E-state index contributed by atoms with van der Waals surface area (Å²) in [4.78, 5) is 5.11. The lowest BCUT2D eigenvalue weighted by Gasteiger charge is -2.02. The van der Waals surface area contributed by atoms with Gasteiger partial charge in [0.1, 0.15) is 0 Å². The molecule has 0 amide bonds. The van der Waals surface area contributed by atoms with Crippen LogP contribution < -0.4 is 5.32 Å². The van der Waals surface area contributed by atoms with Gasteiger partial charge in [-0.2, -0.15) is 4.98 Å². The first kappa shape index (κ1) is 15.3. The molecule has 2 heterocycles. The molecule has 0 saturated heterocycles. The quantitative estimate of drug-likeness (QED) is 0.717. The summed E-state index contributed by atoms with van der Waals surface area (Å²) < 4.78 is 31.8. The molecule has 0 aliphatic carbocycles. The Hall–Kier alpha value is -1.64. The van der Waals surface area contributed by atoms with Crippen molar-refractivity contribution < 1.29 is 12.8 Å². The Bertz CT molecular complexity index is 885. The maximum absolute atomic E-state index is 12.7. The van der Waals surface area contributed by atoms with Crippen molar-refractivity contribution in [3.8, 4) is 10.8 Å². The summed E-state index contributed by atoms with van der Waals surface area (Å²) in [5.41, 5.74) is 0. The van der Waals surface area contributed by atoms with Crippen LogP contribution in [0.15, 0.2) is 60.6 Å². The molecule has 2 aromatic heterocycles. The van der Waals surface area contributed by atoms with Crippen molar-refractivity contribution in [1.82, 2.24) is 4.98 Å². The predicted octanol–water partition coefficient (Wildman–Crippen LogP) is 4.04. The molecule has 0 saturated carbocycles. The van der Waals surface area contributed by atoms with Gasteiger partial charge in [0, 0.05) is 11.5 Å². The molecule has 1 aromatic carbocycles. The molecule has 3 aromatic rings. The van der Waals surface area contributed by atoms with Gasteiger partial charge in [-0.25, -0.2) is 8.42 Å². The zero-order valence-corrected chi connectivity index (χ0v) is 14.6. The molecular weight excluding hydrogens is 388 g/mol. The number of benzene rings is 1. The fraction of sp³-hybridized carbons (Fsp3) is 0.0714. The van der Waals surface area contributed by atoms with E-state index in [2.05, 4.69) is 26.2 Å². The molecule has 0 aliphatic rings. The number of thiophene rings is 1. The Morgan fingerprint density at radius 2 is 1.95 bits per heavy atom. The molecule has 22 heavy (non-hydrogen) atoms. The summed E-state index contributed by atoms with van der Waals surface area (Å²) in [6.45, 7) is 0. The topological polar surface area (TPSA) is 72.2 Å². The molecule has 0 bridgehead atoms. The summed E-state index contributed by atoms with van der Waals surface area (Å²) in [5.74, 6) is 0.418. The van der Waals surface area contributed by atoms with Gasteiger partial charge in [-0.15, -0.1) is 11.3 Å². The number of sulfone groups is 1. The third-order valence-corrected chi connectivity index (χ3v) is 6.00. The van der Waals surface area contributed by atoms with Gasteiger partial charge < -0.3 is 9.73 Å². The number of nitrogens with zero attached hydrogens (tertiary/aromatic N) is 1. The highest BCUT2D eigenvalue weighted by molar-refractivity contribution is 9.10. The Labute approximate surface area is 140 Å². The van der Waals surface area contributed by atoms with Crippen molar-refractivity contribution in [1.29, 1.82) is 0 Å². The number of nitrogens with one attached hydrogen (secondary N) is 1. The zero-order chi connectivity index (χ0) is 15.7. The summed E-state index contributed by atoms with van der Waals surface area (Å²) in [6, 6.07) is 10.1. The number of rotatable bonds is 4. The van der Waals surface area contributed by atoms with Crippen LogP contribution >= 0.6 is 27.3 Å². The number of oxazole rings is 1. The first-order valence-electron chi connectivity index (χ1n) is 6.25. The first-order chi connectivity index (χ1) is 10.5. The van der Waals surface area contributed by atoms with Crippen molar-refractivity contribution in [2.45, 2.75) is 9.92 Å². The number of halogens is 1. The smallest absolute Gasteiger partial charge is 0.240 e. The van der Waals surface area contributed by atoms with Gasteiger partial charge in [-0.3, -0.25) is 0 Å². The lowest BCUT2D eigenvalue weighted by molar-refractivity contribution is 0.581. The summed E-state index contributed by atoms with van der Waals surface area (Å²) >= 11 is 4.72. The molecule has 5 nitrogen and oxygen atoms in total. The summed E-state index contributed by atoms with van der Waals surface area (Å²) in [7, 11) is -2.16. The van der Waals surface area contributed by atoms with E-state index >= 15 is 0 Å². The second-order valence-corrected chi connectivity index (χ2v) is 8.07. The van der Waals surface area contributed by atoms with E-state index in [1.165, 1.54) is 23.5 Å². The van der Waals surface area contributed by atoms with Crippen molar-refractivity contribution in [3.63, 3.8) is 0 Å². The summed E-state index contributed by atoms with van der Waals surface area (Å²) in [5, 5.41) is 4.52. The third-order valence-electron chi connectivity index (χ3n) is 2.93. The van der Waals surface area contributed by atoms with E-state index < -0.39 is 9.84 Å². The van der Waals surface area contributed by atoms with Gasteiger partial charge in [0.2, 0.25) is 26.6 Å². The molecule has 0 fully saturated rings. The highest BCUT2D eigenvalue weighted by Gasteiger charge is 2.28. The standard InChI is InChI=1S/C14H11BrN2O3S2/c1-16-13-14(17-12(20-13)11-3-2-8-21-11)22(18,19)10-6-4-9(15)5-7-10/h2-8,16H,1H3. The lowest BCUT2D eigenvalue weighted by atomic mass is 10.4. The fourth-order valence-corrected chi connectivity index (χ4v) is 4.10. The molecule has 0 radical (unpaired) electrons. The molecule has 114 valence electrons. The van der Waals surface area contributed by atoms with E-state index in [0.717, 1.165) is 9.35 Å². The zero-order valence-electron chi connectivity index (χ0n) is 11.4. The van der Waals surface area contributed by atoms with Gasteiger partial charge in [0.25, 0.3) is 0 Å². The van der Waals surface area contributed by atoms with Crippen LogP contribution in [0.1, 0.15) is 0 Å². The Balaban J connectivity index is 2.12. The molecule has 0 atom stereocenters. The molecular formula is C14H11BrN2O3S2. The minimum Gasteiger partial charge on any atom is -0.418 e. The van der Waals surface area contributed by atoms with Gasteiger partial charge in [0.05, 0.1) is 9.77 Å². The van der Waals surface area contributed by atoms with Crippen LogP contribution in [0.3, 0.4) is 0 Å². The SMILES string of the molecule is CNc1oc(-c2cccs2)nc1S(=O)(=O)c1ccc(Br)cc1. The van der Waals surface area contributed by atoms with Crippen molar-refractivity contribution in [3.05, 3.63) is 46.3 Å². The Morgan fingerprint density at radius 3 is 2.55 bits per heavy atom.